The SMILES string of the molecule is CC(C(Cc1ccc(Cl)cc1)C(=O)NC(C(=O)NCON(C=O)C(C)C(Cc1ccc(Cl)cc1)C(=O)NC(C(=O)NCCN1CCOCC1)C(C)(C)C)C(C)(C)C)N(O)C=O. The van der Waals surface area contributed by atoms with Gasteiger partial charge in [-0.25, -0.2) is 15.0 Å². The average molecular weight is 893 g/mol. The van der Waals surface area contributed by atoms with Gasteiger partial charge in [0.2, 0.25) is 36.4 Å². The second kappa shape index (κ2) is 23.8. The maximum atomic E-state index is 14.2. The number of halogens is 2. The molecule has 2 aromatic rings. The van der Waals surface area contributed by atoms with Crippen molar-refractivity contribution in [3.8, 4) is 0 Å². The van der Waals surface area contributed by atoms with Crippen molar-refractivity contribution in [1.82, 2.24) is 36.3 Å². The molecule has 0 bridgehead atoms. The minimum absolute atomic E-state index is 0.115. The van der Waals surface area contributed by atoms with Gasteiger partial charge in [-0.3, -0.25) is 38.9 Å². The van der Waals surface area contributed by atoms with E-state index in [4.69, 9.17) is 32.8 Å². The molecule has 16 nitrogen and oxygen atoms in total. The number of amides is 6. The van der Waals surface area contributed by atoms with Gasteiger partial charge < -0.3 is 26.0 Å². The minimum atomic E-state index is -1.13. The van der Waals surface area contributed by atoms with Crippen LogP contribution < -0.4 is 21.3 Å². The third-order valence-electron chi connectivity index (χ3n) is 10.7. The molecule has 5 N–H and O–H groups in total. The van der Waals surface area contributed by atoms with Crippen molar-refractivity contribution in [2.45, 2.75) is 92.4 Å². The van der Waals surface area contributed by atoms with Gasteiger partial charge in [0.05, 0.1) is 37.1 Å². The van der Waals surface area contributed by atoms with Crippen LogP contribution in [0.2, 0.25) is 10.0 Å². The van der Waals surface area contributed by atoms with E-state index in [1.807, 2.05) is 20.8 Å². The van der Waals surface area contributed by atoms with Crippen LogP contribution in [0.15, 0.2) is 48.5 Å². The molecule has 0 spiro atoms. The van der Waals surface area contributed by atoms with Gasteiger partial charge in [-0.1, -0.05) is 89.0 Å². The maximum absolute atomic E-state index is 14.2. The quantitative estimate of drug-likeness (QED) is 0.0504. The van der Waals surface area contributed by atoms with Gasteiger partial charge in [-0.15, -0.1) is 0 Å². The first kappa shape index (κ1) is 51.0. The number of morpholine rings is 1. The lowest BCUT2D eigenvalue weighted by Gasteiger charge is -2.35. The summed E-state index contributed by atoms with van der Waals surface area (Å²) < 4.78 is 5.41. The molecular weight excluding hydrogens is 829 g/mol. The van der Waals surface area contributed by atoms with Crippen LogP contribution in [0.3, 0.4) is 0 Å². The Morgan fingerprint density at radius 1 is 0.738 bits per heavy atom. The highest BCUT2D eigenvalue weighted by Gasteiger charge is 2.39. The highest BCUT2D eigenvalue weighted by atomic mass is 35.5. The van der Waals surface area contributed by atoms with Crippen molar-refractivity contribution < 1.29 is 43.5 Å². The summed E-state index contributed by atoms with van der Waals surface area (Å²) in [5.74, 6) is -4.00. The monoisotopic (exact) mass is 891 g/mol. The van der Waals surface area contributed by atoms with E-state index < -0.39 is 71.3 Å². The lowest BCUT2D eigenvalue weighted by molar-refractivity contribution is -0.195. The molecular formula is C43H63Cl2N7O9. The van der Waals surface area contributed by atoms with Crippen LogP contribution in [0.4, 0.5) is 0 Å². The van der Waals surface area contributed by atoms with Crippen molar-refractivity contribution in [1.29, 1.82) is 0 Å². The van der Waals surface area contributed by atoms with Gasteiger partial charge in [0.25, 0.3) is 0 Å². The minimum Gasteiger partial charge on any atom is -0.379 e. The first-order valence-electron chi connectivity index (χ1n) is 20.4. The largest absolute Gasteiger partial charge is 0.379 e. The van der Waals surface area contributed by atoms with Gasteiger partial charge in [0.1, 0.15) is 18.8 Å². The fraction of sp³-hybridized carbons (Fsp3) is 0.581. The van der Waals surface area contributed by atoms with Crippen LogP contribution in [0, 0.1) is 22.7 Å². The highest BCUT2D eigenvalue weighted by Crippen LogP contribution is 2.25. The number of carbonyl (C=O) groups excluding carboxylic acids is 6. The number of ether oxygens (including phenoxy) is 1. The van der Waals surface area contributed by atoms with E-state index in [9.17, 15) is 34.0 Å². The molecule has 61 heavy (non-hydrogen) atoms. The molecule has 1 aliphatic heterocycles. The number of hydrogen-bond donors (Lipinski definition) is 5. The van der Waals surface area contributed by atoms with E-state index in [-0.39, 0.29) is 25.2 Å². The Morgan fingerprint density at radius 2 is 1.18 bits per heavy atom. The zero-order chi connectivity index (χ0) is 45.5. The van der Waals surface area contributed by atoms with E-state index in [1.165, 1.54) is 6.92 Å². The Kier molecular flexibility index (Phi) is 19.9. The Hall–Kier alpha value is -4.32. The zero-order valence-electron chi connectivity index (χ0n) is 36.4. The van der Waals surface area contributed by atoms with Gasteiger partial charge >= 0.3 is 0 Å². The summed E-state index contributed by atoms with van der Waals surface area (Å²) in [7, 11) is 0. The molecule has 6 atom stereocenters. The van der Waals surface area contributed by atoms with Crippen molar-refractivity contribution >= 4 is 59.7 Å². The smallest absolute Gasteiger partial charge is 0.244 e. The third-order valence-corrected chi connectivity index (χ3v) is 11.2. The highest BCUT2D eigenvalue weighted by molar-refractivity contribution is 6.30. The number of nitrogens with one attached hydrogen (secondary N) is 4. The average Bonchev–Trinajstić information content (AvgIpc) is 3.21. The number of hydrogen-bond acceptors (Lipinski definition) is 10. The normalized spacial score (nSPS) is 16.4. The summed E-state index contributed by atoms with van der Waals surface area (Å²) in [4.78, 5) is 87.4. The molecule has 0 aromatic heterocycles. The number of carbonyl (C=O) groups is 6. The maximum Gasteiger partial charge on any atom is 0.244 e. The molecule has 2 aromatic carbocycles. The van der Waals surface area contributed by atoms with Gasteiger partial charge in [0, 0.05) is 36.2 Å². The van der Waals surface area contributed by atoms with Crippen molar-refractivity contribution in [2.24, 2.45) is 22.7 Å². The van der Waals surface area contributed by atoms with E-state index in [2.05, 4.69) is 26.2 Å². The van der Waals surface area contributed by atoms with Gasteiger partial charge in [0.15, 0.2) is 0 Å². The number of nitrogens with zero attached hydrogens (tertiary/aromatic N) is 3. The zero-order valence-corrected chi connectivity index (χ0v) is 37.9. The molecule has 1 heterocycles. The Balaban J connectivity index is 1.76. The fourth-order valence-electron chi connectivity index (χ4n) is 6.81. The lowest BCUT2D eigenvalue weighted by atomic mass is 9.84. The first-order chi connectivity index (χ1) is 28.7. The third kappa shape index (κ3) is 16.1. The molecule has 338 valence electrons. The number of benzene rings is 2. The Morgan fingerprint density at radius 3 is 1.61 bits per heavy atom. The lowest BCUT2D eigenvalue weighted by Crippen LogP contribution is -2.58. The first-order valence-corrected chi connectivity index (χ1v) is 21.2. The van der Waals surface area contributed by atoms with Crippen LogP contribution in [0.1, 0.15) is 66.5 Å². The van der Waals surface area contributed by atoms with Crippen molar-refractivity contribution in [3.05, 3.63) is 69.7 Å². The van der Waals surface area contributed by atoms with Crippen molar-refractivity contribution in [2.75, 3.05) is 46.1 Å². The molecule has 0 aliphatic carbocycles. The fourth-order valence-corrected chi connectivity index (χ4v) is 7.06. The van der Waals surface area contributed by atoms with Crippen molar-refractivity contribution in [3.63, 3.8) is 0 Å². The van der Waals surface area contributed by atoms with Crippen LogP contribution in [0.5, 0.6) is 0 Å². The molecule has 1 saturated heterocycles. The number of rotatable bonds is 22. The molecule has 0 radical (unpaired) electrons. The topological polar surface area (TPSA) is 199 Å². The summed E-state index contributed by atoms with van der Waals surface area (Å²) in [5, 5.41) is 23.9. The summed E-state index contributed by atoms with van der Waals surface area (Å²) >= 11 is 12.2. The predicted octanol–water partition coefficient (Wildman–Crippen LogP) is 3.61. The summed E-state index contributed by atoms with van der Waals surface area (Å²) in [5.41, 5.74) is -0.0715. The Bertz CT molecular complexity index is 1750. The van der Waals surface area contributed by atoms with Crippen LogP contribution >= 0.6 is 23.2 Å². The van der Waals surface area contributed by atoms with Gasteiger partial charge in [-0.2, -0.15) is 0 Å². The summed E-state index contributed by atoms with van der Waals surface area (Å²) in [6.07, 6.45) is 0.862. The second-order valence-corrected chi connectivity index (χ2v) is 18.4. The van der Waals surface area contributed by atoms with E-state index >= 15 is 0 Å². The van der Waals surface area contributed by atoms with E-state index in [1.54, 1.807) is 76.2 Å². The van der Waals surface area contributed by atoms with E-state index in [0.29, 0.717) is 53.4 Å². The molecule has 1 fully saturated rings. The number of hydroxylamine groups is 4. The molecule has 1 aliphatic rings. The standard InChI is InChI=1S/C43H63Cl2N7O9/c1-28(51(59)26-53)34(23-30-9-13-32(44)14-10-30)38(55)49-37(43(6,7)8)41(58)47-25-61-52(27-54)29(2)35(24-31-11-15-33(45)16-12-31)39(56)48-36(42(3,4)5)40(57)46-17-18-50-19-21-60-22-20-50/h9-16,26-29,34-37,59H,17-25H2,1-8H3,(H,46,57)(H,47,58)(H,48,56)(H,49,55). The molecule has 6 amide bonds. The molecule has 3 rings (SSSR count). The summed E-state index contributed by atoms with van der Waals surface area (Å²) in [6.45, 7) is 17.2. The molecule has 6 unspecified atom stereocenters. The van der Waals surface area contributed by atoms with E-state index in [0.717, 1.165) is 23.7 Å². The second-order valence-electron chi connectivity index (χ2n) is 17.5. The molecule has 0 saturated carbocycles. The molecule has 18 heteroatoms. The van der Waals surface area contributed by atoms with Crippen LogP contribution in [0.25, 0.3) is 0 Å². The summed E-state index contributed by atoms with van der Waals surface area (Å²) in [6, 6.07) is 9.73. The van der Waals surface area contributed by atoms with Gasteiger partial charge in [-0.05, 0) is 72.9 Å². The Labute approximate surface area is 369 Å². The predicted molar refractivity (Wildman–Crippen MR) is 231 cm³/mol. The van der Waals surface area contributed by atoms with Crippen LogP contribution in [-0.2, 0) is 51.2 Å². The van der Waals surface area contributed by atoms with Crippen LogP contribution in [-0.4, -0.2) is 127 Å².